The highest BCUT2D eigenvalue weighted by atomic mass is 32.2. The molecular formula is C19H19F2NOS2. The van der Waals surface area contributed by atoms with E-state index in [0.717, 1.165) is 11.0 Å². The van der Waals surface area contributed by atoms with Gasteiger partial charge in [0.15, 0.2) is 0 Å². The van der Waals surface area contributed by atoms with Crippen LogP contribution in [0, 0.1) is 11.6 Å². The molecular weight excluding hydrogens is 360 g/mol. The van der Waals surface area contributed by atoms with Gasteiger partial charge in [-0.2, -0.15) is 11.8 Å². The van der Waals surface area contributed by atoms with Gasteiger partial charge in [-0.05, 0) is 43.0 Å². The van der Waals surface area contributed by atoms with Gasteiger partial charge < -0.3 is 4.90 Å². The topological polar surface area (TPSA) is 20.3 Å². The predicted octanol–water partition coefficient (Wildman–Crippen LogP) is 5.01. The summed E-state index contributed by atoms with van der Waals surface area (Å²) in [7, 11) is 0. The van der Waals surface area contributed by atoms with Crippen molar-refractivity contribution in [2.75, 3.05) is 25.1 Å². The highest BCUT2D eigenvalue weighted by Crippen LogP contribution is 2.36. The number of amides is 1. The van der Waals surface area contributed by atoms with Crippen LogP contribution in [0.3, 0.4) is 0 Å². The molecule has 2 aromatic rings. The maximum absolute atomic E-state index is 14.0. The summed E-state index contributed by atoms with van der Waals surface area (Å²) in [4.78, 5) is 15.6. The Morgan fingerprint density at radius 1 is 1.20 bits per heavy atom. The van der Waals surface area contributed by atoms with Gasteiger partial charge in [0.25, 0.3) is 5.91 Å². The molecule has 0 radical (unpaired) electrons. The Morgan fingerprint density at radius 3 is 2.80 bits per heavy atom. The van der Waals surface area contributed by atoms with Crippen LogP contribution in [0.5, 0.6) is 0 Å². The average Bonchev–Trinajstić information content (AvgIpc) is 2.89. The molecule has 1 unspecified atom stereocenters. The van der Waals surface area contributed by atoms with Crippen molar-refractivity contribution < 1.29 is 13.6 Å². The standard InChI is InChI=1S/C19H19F2NOS2/c1-24-17-5-3-2-4-14(17)19(23)22-9-8-18(25-11-10-22)15-12-13(20)6-7-16(15)21/h2-7,12,18H,8-11H2,1H3. The Bertz CT molecular complexity index is 769. The predicted molar refractivity (Wildman–Crippen MR) is 100 cm³/mol. The minimum Gasteiger partial charge on any atom is -0.338 e. The molecule has 1 aliphatic rings. The molecule has 2 nitrogen and oxygen atoms in total. The third-order valence-electron chi connectivity index (χ3n) is 4.27. The molecule has 1 atom stereocenters. The Kier molecular flexibility index (Phi) is 6.02. The summed E-state index contributed by atoms with van der Waals surface area (Å²) >= 11 is 3.13. The van der Waals surface area contributed by atoms with Crippen molar-refractivity contribution in [2.45, 2.75) is 16.6 Å². The minimum absolute atomic E-state index is 0.00548. The van der Waals surface area contributed by atoms with Crippen molar-refractivity contribution in [2.24, 2.45) is 0 Å². The lowest BCUT2D eigenvalue weighted by Crippen LogP contribution is -2.33. The molecule has 2 aromatic carbocycles. The third-order valence-corrected chi connectivity index (χ3v) is 6.38. The van der Waals surface area contributed by atoms with E-state index in [9.17, 15) is 13.6 Å². The van der Waals surface area contributed by atoms with E-state index in [4.69, 9.17) is 0 Å². The molecule has 0 aromatic heterocycles. The monoisotopic (exact) mass is 379 g/mol. The van der Waals surface area contributed by atoms with E-state index < -0.39 is 5.82 Å². The number of hydrogen-bond acceptors (Lipinski definition) is 3. The minimum atomic E-state index is -0.428. The number of rotatable bonds is 3. The van der Waals surface area contributed by atoms with Gasteiger partial charge in [-0.25, -0.2) is 8.78 Å². The third kappa shape index (κ3) is 4.18. The van der Waals surface area contributed by atoms with Crippen molar-refractivity contribution in [3.63, 3.8) is 0 Å². The SMILES string of the molecule is CSc1ccccc1C(=O)N1CCSC(c2cc(F)ccc2F)CC1. The number of carbonyl (C=O) groups is 1. The summed E-state index contributed by atoms with van der Waals surface area (Å²) in [6, 6.07) is 11.1. The first-order chi connectivity index (χ1) is 12.1. The normalized spacial score (nSPS) is 18.0. The fraction of sp³-hybridized carbons (Fsp3) is 0.316. The quantitative estimate of drug-likeness (QED) is 0.700. The average molecular weight is 379 g/mol. The largest absolute Gasteiger partial charge is 0.338 e. The second kappa shape index (κ2) is 8.23. The molecule has 25 heavy (non-hydrogen) atoms. The zero-order valence-corrected chi connectivity index (χ0v) is 15.5. The van der Waals surface area contributed by atoms with Crippen molar-refractivity contribution in [3.05, 3.63) is 65.2 Å². The van der Waals surface area contributed by atoms with Crippen LogP contribution in [-0.4, -0.2) is 35.9 Å². The maximum atomic E-state index is 14.0. The van der Waals surface area contributed by atoms with E-state index in [0.29, 0.717) is 36.4 Å². The molecule has 0 aliphatic carbocycles. The van der Waals surface area contributed by atoms with Crippen LogP contribution in [0.1, 0.15) is 27.6 Å². The molecule has 0 spiro atoms. The summed E-state index contributed by atoms with van der Waals surface area (Å²) < 4.78 is 27.5. The zero-order chi connectivity index (χ0) is 17.8. The first-order valence-corrected chi connectivity index (χ1v) is 10.4. The smallest absolute Gasteiger partial charge is 0.255 e. The Labute approximate surface area is 155 Å². The van der Waals surface area contributed by atoms with E-state index in [1.165, 1.54) is 12.1 Å². The van der Waals surface area contributed by atoms with Gasteiger partial charge in [0, 0.05) is 34.6 Å². The van der Waals surface area contributed by atoms with Crippen LogP contribution >= 0.6 is 23.5 Å². The summed E-state index contributed by atoms with van der Waals surface area (Å²) in [5, 5.41) is -0.135. The Balaban J connectivity index is 1.75. The second-order valence-electron chi connectivity index (χ2n) is 5.81. The van der Waals surface area contributed by atoms with Crippen LogP contribution in [0.25, 0.3) is 0 Å². The fourth-order valence-corrected chi connectivity index (χ4v) is 4.81. The fourth-order valence-electron chi connectivity index (χ4n) is 2.97. The maximum Gasteiger partial charge on any atom is 0.255 e. The van der Waals surface area contributed by atoms with Crippen LogP contribution in [-0.2, 0) is 0 Å². The Morgan fingerprint density at radius 2 is 2.00 bits per heavy atom. The van der Waals surface area contributed by atoms with E-state index >= 15 is 0 Å². The number of hydrogen-bond donors (Lipinski definition) is 0. The second-order valence-corrected chi connectivity index (χ2v) is 7.97. The van der Waals surface area contributed by atoms with Crippen molar-refractivity contribution in [1.29, 1.82) is 0 Å². The lowest BCUT2D eigenvalue weighted by atomic mass is 10.1. The number of carbonyl (C=O) groups excluding carboxylic acids is 1. The van der Waals surface area contributed by atoms with Gasteiger partial charge in [-0.3, -0.25) is 4.79 Å². The van der Waals surface area contributed by atoms with Crippen LogP contribution in [0.15, 0.2) is 47.4 Å². The first-order valence-electron chi connectivity index (χ1n) is 8.09. The summed E-state index contributed by atoms with van der Waals surface area (Å²) in [6.07, 6.45) is 2.56. The first kappa shape index (κ1) is 18.3. The summed E-state index contributed by atoms with van der Waals surface area (Å²) in [5.41, 5.74) is 1.10. The number of benzene rings is 2. The van der Waals surface area contributed by atoms with E-state index in [2.05, 4.69) is 0 Å². The highest BCUT2D eigenvalue weighted by Gasteiger charge is 2.25. The van der Waals surface area contributed by atoms with Gasteiger partial charge in [0.1, 0.15) is 11.6 Å². The van der Waals surface area contributed by atoms with Crippen LogP contribution in [0.2, 0.25) is 0 Å². The number of thioether (sulfide) groups is 2. The van der Waals surface area contributed by atoms with E-state index in [1.807, 2.05) is 35.4 Å². The number of nitrogens with zero attached hydrogens (tertiary/aromatic N) is 1. The molecule has 0 saturated carbocycles. The molecule has 132 valence electrons. The van der Waals surface area contributed by atoms with Crippen molar-refractivity contribution in [1.82, 2.24) is 4.90 Å². The van der Waals surface area contributed by atoms with Crippen LogP contribution in [0.4, 0.5) is 8.78 Å². The number of halogens is 2. The van der Waals surface area contributed by atoms with E-state index in [-0.39, 0.29) is 17.0 Å². The summed E-state index contributed by atoms with van der Waals surface area (Å²) in [6.45, 7) is 1.15. The lowest BCUT2D eigenvalue weighted by Gasteiger charge is -2.21. The zero-order valence-electron chi connectivity index (χ0n) is 13.9. The van der Waals surface area contributed by atoms with Crippen molar-refractivity contribution in [3.8, 4) is 0 Å². The summed E-state index contributed by atoms with van der Waals surface area (Å²) in [5.74, 6) is -0.103. The van der Waals surface area contributed by atoms with Crippen LogP contribution < -0.4 is 0 Å². The van der Waals surface area contributed by atoms with E-state index in [1.54, 1.807) is 23.5 Å². The van der Waals surface area contributed by atoms with Gasteiger partial charge in [0.05, 0.1) is 5.56 Å². The molecule has 1 amide bonds. The molecule has 3 rings (SSSR count). The van der Waals surface area contributed by atoms with Gasteiger partial charge in [-0.1, -0.05) is 12.1 Å². The van der Waals surface area contributed by atoms with Gasteiger partial charge in [-0.15, -0.1) is 11.8 Å². The molecule has 6 heteroatoms. The van der Waals surface area contributed by atoms with Gasteiger partial charge >= 0.3 is 0 Å². The highest BCUT2D eigenvalue weighted by molar-refractivity contribution is 7.99. The van der Waals surface area contributed by atoms with Crippen molar-refractivity contribution >= 4 is 29.4 Å². The molecule has 0 bridgehead atoms. The molecule has 1 aliphatic heterocycles. The lowest BCUT2D eigenvalue weighted by molar-refractivity contribution is 0.0763. The Hall–Kier alpha value is -1.53. The molecule has 1 fully saturated rings. The molecule has 1 heterocycles. The van der Waals surface area contributed by atoms with Gasteiger partial charge in [0.2, 0.25) is 0 Å². The molecule has 1 saturated heterocycles. The molecule has 0 N–H and O–H groups in total.